The van der Waals surface area contributed by atoms with Crippen molar-refractivity contribution >= 4 is 23.2 Å². The van der Waals surface area contributed by atoms with E-state index in [1.165, 1.54) is 4.57 Å². The molecule has 0 aliphatic rings. The van der Waals surface area contributed by atoms with Gasteiger partial charge in [-0.15, -0.1) is 0 Å². The predicted molar refractivity (Wildman–Crippen MR) is 110 cm³/mol. The van der Waals surface area contributed by atoms with Crippen molar-refractivity contribution in [1.29, 1.82) is 0 Å². The lowest BCUT2D eigenvalue weighted by Gasteiger charge is -2.16. The first kappa shape index (κ1) is 19.8. The molecule has 0 saturated heterocycles. The third-order valence-electron chi connectivity index (χ3n) is 4.27. The van der Waals surface area contributed by atoms with Gasteiger partial charge in [0.2, 0.25) is 5.91 Å². The average molecular weight is 398 g/mol. The van der Waals surface area contributed by atoms with Crippen molar-refractivity contribution < 1.29 is 9.90 Å². The standard InChI is InChI=1S/C21H20ClN3O3/c1-14-18(10-11-26)21(28)25(13-19(27)24-17-8-3-2-4-9-17)20(23-14)15-6-5-7-16(22)12-15/h2-9,12,26H,10-11,13H2,1H3,(H,24,27). The van der Waals surface area contributed by atoms with Gasteiger partial charge in [-0.25, -0.2) is 4.98 Å². The van der Waals surface area contributed by atoms with Gasteiger partial charge in [0.15, 0.2) is 0 Å². The summed E-state index contributed by atoms with van der Waals surface area (Å²) in [6.45, 7) is 1.33. The fourth-order valence-electron chi connectivity index (χ4n) is 2.96. The minimum absolute atomic E-state index is 0.174. The van der Waals surface area contributed by atoms with Crippen molar-refractivity contribution in [3.8, 4) is 11.4 Å². The van der Waals surface area contributed by atoms with E-state index in [1.54, 1.807) is 43.3 Å². The van der Waals surface area contributed by atoms with Crippen LogP contribution in [0.5, 0.6) is 0 Å². The fourth-order valence-corrected chi connectivity index (χ4v) is 3.15. The Morgan fingerprint density at radius 1 is 1.18 bits per heavy atom. The molecular weight excluding hydrogens is 378 g/mol. The number of aromatic nitrogens is 2. The van der Waals surface area contributed by atoms with E-state index in [0.717, 1.165) is 0 Å². The number of aliphatic hydroxyl groups excluding tert-OH is 1. The van der Waals surface area contributed by atoms with Crippen LogP contribution in [0.4, 0.5) is 5.69 Å². The van der Waals surface area contributed by atoms with Gasteiger partial charge in [-0.2, -0.15) is 0 Å². The van der Waals surface area contributed by atoms with Gasteiger partial charge in [-0.05, 0) is 31.2 Å². The number of para-hydroxylation sites is 1. The summed E-state index contributed by atoms with van der Waals surface area (Å²) < 4.78 is 1.32. The zero-order valence-electron chi connectivity index (χ0n) is 15.4. The van der Waals surface area contributed by atoms with Crippen molar-refractivity contribution in [2.45, 2.75) is 19.9 Å². The van der Waals surface area contributed by atoms with Crippen molar-refractivity contribution in [1.82, 2.24) is 9.55 Å². The van der Waals surface area contributed by atoms with Crippen LogP contribution in [-0.4, -0.2) is 27.2 Å². The predicted octanol–water partition coefficient (Wildman–Crippen LogP) is 3.05. The van der Waals surface area contributed by atoms with E-state index in [0.29, 0.717) is 33.4 Å². The number of benzene rings is 2. The summed E-state index contributed by atoms with van der Waals surface area (Å²) in [4.78, 5) is 30.1. The summed E-state index contributed by atoms with van der Waals surface area (Å²) in [6, 6.07) is 16.0. The first-order valence-corrected chi connectivity index (χ1v) is 9.19. The second kappa shape index (κ2) is 8.82. The van der Waals surface area contributed by atoms with Gasteiger partial charge in [-0.1, -0.05) is 41.9 Å². The number of hydrogen-bond donors (Lipinski definition) is 2. The normalized spacial score (nSPS) is 10.7. The Bertz CT molecular complexity index is 1050. The minimum atomic E-state index is -0.350. The van der Waals surface area contributed by atoms with Gasteiger partial charge in [0, 0.05) is 40.6 Å². The highest BCUT2D eigenvalue weighted by Crippen LogP contribution is 2.21. The van der Waals surface area contributed by atoms with Gasteiger partial charge < -0.3 is 10.4 Å². The van der Waals surface area contributed by atoms with E-state index in [2.05, 4.69) is 10.3 Å². The van der Waals surface area contributed by atoms with Crippen LogP contribution < -0.4 is 10.9 Å². The van der Waals surface area contributed by atoms with Crippen LogP contribution in [0, 0.1) is 6.92 Å². The number of carbonyl (C=O) groups is 1. The van der Waals surface area contributed by atoms with E-state index in [-0.39, 0.29) is 31.0 Å². The lowest BCUT2D eigenvalue weighted by Crippen LogP contribution is -2.33. The molecule has 0 bridgehead atoms. The van der Waals surface area contributed by atoms with Crippen LogP contribution in [-0.2, 0) is 17.8 Å². The molecule has 2 aromatic carbocycles. The zero-order chi connectivity index (χ0) is 20.1. The molecule has 1 heterocycles. The molecule has 0 spiro atoms. The Morgan fingerprint density at radius 3 is 2.61 bits per heavy atom. The van der Waals surface area contributed by atoms with Gasteiger partial charge in [0.25, 0.3) is 5.56 Å². The second-order valence-electron chi connectivity index (χ2n) is 6.29. The Morgan fingerprint density at radius 2 is 1.93 bits per heavy atom. The summed E-state index contributed by atoms with van der Waals surface area (Å²) in [6.07, 6.45) is 0.174. The molecule has 7 heteroatoms. The van der Waals surface area contributed by atoms with Crippen LogP contribution in [0.2, 0.25) is 5.02 Å². The number of aryl methyl sites for hydroxylation is 1. The first-order valence-electron chi connectivity index (χ1n) is 8.81. The van der Waals surface area contributed by atoms with Crippen LogP contribution in [0.25, 0.3) is 11.4 Å². The fraction of sp³-hybridized carbons (Fsp3) is 0.190. The van der Waals surface area contributed by atoms with Crippen molar-refractivity contribution in [3.05, 3.63) is 81.2 Å². The van der Waals surface area contributed by atoms with E-state index >= 15 is 0 Å². The number of carbonyl (C=O) groups excluding carboxylic acids is 1. The Kier molecular flexibility index (Phi) is 6.23. The molecule has 0 fully saturated rings. The maximum atomic E-state index is 13.0. The van der Waals surface area contributed by atoms with Crippen molar-refractivity contribution in [2.75, 3.05) is 11.9 Å². The van der Waals surface area contributed by atoms with Crippen LogP contribution in [0.15, 0.2) is 59.4 Å². The number of nitrogens with zero attached hydrogens (tertiary/aromatic N) is 2. The summed E-state index contributed by atoms with van der Waals surface area (Å²) in [5, 5.41) is 12.6. The highest BCUT2D eigenvalue weighted by molar-refractivity contribution is 6.30. The molecule has 0 atom stereocenters. The first-order chi connectivity index (χ1) is 13.5. The molecule has 0 aliphatic carbocycles. The molecular formula is C21H20ClN3O3. The topological polar surface area (TPSA) is 84.2 Å². The quantitative estimate of drug-likeness (QED) is 0.669. The number of anilines is 1. The lowest BCUT2D eigenvalue weighted by atomic mass is 10.1. The number of rotatable bonds is 6. The Balaban J connectivity index is 2.04. The van der Waals surface area contributed by atoms with Crippen molar-refractivity contribution in [2.24, 2.45) is 0 Å². The molecule has 1 aromatic heterocycles. The van der Waals surface area contributed by atoms with Crippen LogP contribution in [0.3, 0.4) is 0 Å². The molecule has 3 aromatic rings. The van der Waals surface area contributed by atoms with E-state index < -0.39 is 0 Å². The third kappa shape index (κ3) is 4.47. The monoisotopic (exact) mass is 397 g/mol. The number of halogens is 1. The highest BCUT2D eigenvalue weighted by Gasteiger charge is 2.18. The van der Waals surface area contributed by atoms with Crippen LogP contribution >= 0.6 is 11.6 Å². The number of hydrogen-bond acceptors (Lipinski definition) is 4. The summed E-state index contributed by atoms with van der Waals surface area (Å²) in [5.41, 5.74) is 1.84. The molecule has 6 nitrogen and oxygen atoms in total. The number of nitrogens with one attached hydrogen (secondary N) is 1. The van der Waals surface area contributed by atoms with Gasteiger partial charge in [-0.3, -0.25) is 14.2 Å². The second-order valence-corrected chi connectivity index (χ2v) is 6.73. The summed E-state index contributed by atoms with van der Waals surface area (Å²) >= 11 is 6.09. The maximum Gasteiger partial charge on any atom is 0.257 e. The maximum absolute atomic E-state index is 13.0. The lowest BCUT2D eigenvalue weighted by molar-refractivity contribution is -0.116. The smallest absolute Gasteiger partial charge is 0.257 e. The van der Waals surface area contributed by atoms with Crippen molar-refractivity contribution in [3.63, 3.8) is 0 Å². The Hall–Kier alpha value is -2.96. The summed E-state index contributed by atoms with van der Waals surface area (Å²) in [5.74, 6) is 0.00656. The van der Waals surface area contributed by atoms with Crippen LogP contribution in [0.1, 0.15) is 11.3 Å². The number of aliphatic hydroxyl groups is 1. The minimum Gasteiger partial charge on any atom is -0.396 e. The molecule has 3 rings (SSSR count). The highest BCUT2D eigenvalue weighted by atomic mass is 35.5. The molecule has 0 radical (unpaired) electrons. The Labute approximate surface area is 167 Å². The summed E-state index contributed by atoms with van der Waals surface area (Å²) in [7, 11) is 0. The average Bonchev–Trinajstić information content (AvgIpc) is 2.68. The molecule has 0 saturated carbocycles. The molecule has 28 heavy (non-hydrogen) atoms. The van der Waals surface area contributed by atoms with E-state index in [4.69, 9.17) is 11.6 Å². The molecule has 2 N–H and O–H groups in total. The van der Waals surface area contributed by atoms with Gasteiger partial charge >= 0.3 is 0 Å². The van der Waals surface area contributed by atoms with E-state index in [1.807, 2.05) is 18.2 Å². The van der Waals surface area contributed by atoms with E-state index in [9.17, 15) is 14.7 Å². The van der Waals surface area contributed by atoms with Gasteiger partial charge in [0.05, 0.1) is 0 Å². The third-order valence-corrected chi connectivity index (χ3v) is 4.51. The molecule has 0 unspecified atom stereocenters. The molecule has 1 amide bonds. The van der Waals surface area contributed by atoms with Gasteiger partial charge in [0.1, 0.15) is 12.4 Å². The molecule has 0 aliphatic heterocycles. The zero-order valence-corrected chi connectivity index (χ0v) is 16.1. The SMILES string of the molecule is Cc1nc(-c2cccc(Cl)c2)n(CC(=O)Nc2ccccc2)c(=O)c1CCO. The largest absolute Gasteiger partial charge is 0.396 e. The number of amides is 1. The molecule has 144 valence electrons.